The highest BCUT2D eigenvalue weighted by molar-refractivity contribution is 6.23. The molecule has 0 atom stereocenters. The van der Waals surface area contributed by atoms with Crippen LogP contribution in [0.2, 0.25) is 0 Å². The predicted molar refractivity (Wildman–Crippen MR) is 141 cm³/mol. The lowest BCUT2D eigenvalue weighted by atomic mass is 9.80. The number of allylic oxidation sites excluding steroid dienone is 4. The highest BCUT2D eigenvalue weighted by Gasteiger charge is 2.42. The summed E-state index contributed by atoms with van der Waals surface area (Å²) < 4.78 is 7.29. The Morgan fingerprint density at radius 2 is 1.76 bits per heavy atom. The molecule has 0 saturated carbocycles. The van der Waals surface area contributed by atoms with Crippen LogP contribution in [0.3, 0.4) is 0 Å². The van der Waals surface area contributed by atoms with Crippen molar-refractivity contribution in [3.63, 3.8) is 0 Å². The molecule has 0 N–H and O–H groups in total. The minimum absolute atomic E-state index is 0.00602. The summed E-state index contributed by atoms with van der Waals surface area (Å²) in [6, 6.07) is 19.8. The van der Waals surface area contributed by atoms with E-state index in [0.717, 1.165) is 33.5 Å². The number of para-hydroxylation sites is 2. The smallest absolute Gasteiger partial charge is 0.325 e. The first-order valence-corrected chi connectivity index (χ1v) is 12.6. The number of benzene rings is 2. The van der Waals surface area contributed by atoms with Gasteiger partial charge in [0.15, 0.2) is 5.78 Å². The molecule has 6 heteroatoms. The van der Waals surface area contributed by atoms with Gasteiger partial charge in [-0.25, -0.2) is 0 Å². The van der Waals surface area contributed by atoms with Crippen molar-refractivity contribution in [2.45, 2.75) is 39.7 Å². The lowest BCUT2D eigenvalue weighted by Gasteiger charge is -2.32. The quantitative estimate of drug-likeness (QED) is 0.295. The first-order chi connectivity index (χ1) is 17.8. The zero-order valence-electron chi connectivity index (χ0n) is 21.6. The van der Waals surface area contributed by atoms with Crippen LogP contribution in [0.25, 0.3) is 17.0 Å². The van der Waals surface area contributed by atoms with Gasteiger partial charge in [0.05, 0.1) is 6.61 Å². The van der Waals surface area contributed by atoms with Gasteiger partial charge in [-0.2, -0.15) is 4.57 Å². The molecule has 0 saturated heterocycles. The van der Waals surface area contributed by atoms with Crippen LogP contribution in [0, 0.1) is 0 Å². The van der Waals surface area contributed by atoms with Gasteiger partial charge in [0, 0.05) is 51.5 Å². The maximum atomic E-state index is 13.3. The number of fused-ring (bicyclic) bond motifs is 2. The highest BCUT2D eigenvalue weighted by atomic mass is 16.5. The number of aryl methyl sites for hydroxylation is 1. The summed E-state index contributed by atoms with van der Waals surface area (Å²) in [7, 11) is 0. The number of nitrogens with zero attached hydrogens (tertiary/aromatic N) is 2. The highest BCUT2D eigenvalue weighted by Crippen LogP contribution is 2.48. The number of pyridine rings is 1. The number of esters is 1. The van der Waals surface area contributed by atoms with Gasteiger partial charge in [0.1, 0.15) is 13.1 Å². The largest absolute Gasteiger partial charge is 0.871 e. The van der Waals surface area contributed by atoms with Gasteiger partial charge in [-0.3, -0.25) is 9.59 Å². The van der Waals surface area contributed by atoms with E-state index in [0.29, 0.717) is 6.54 Å². The van der Waals surface area contributed by atoms with Crippen LogP contribution < -0.4 is 14.6 Å². The molecule has 1 aliphatic heterocycles. The number of carbonyl (C=O) groups excluding carboxylic acids is 2. The van der Waals surface area contributed by atoms with Gasteiger partial charge in [0.25, 0.3) is 0 Å². The van der Waals surface area contributed by atoms with Crippen LogP contribution in [-0.4, -0.2) is 24.9 Å². The molecule has 0 spiro atoms. The van der Waals surface area contributed by atoms with E-state index in [9.17, 15) is 14.7 Å². The molecule has 2 aromatic carbocycles. The number of hydrogen-bond donors (Lipinski definition) is 0. The number of ketones is 1. The van der Waals surface area contributed by atoms with Crippen molar-refractivity contribution in [3.8, 4) is 0 Å². The summed E-state index contributed by atoms with van der Waals surface area (Å²) in [5, 5.41) is 14.3. The molecule has 6 nitrogen and oxygen atoms in total. The topological polar surface area (TPSA) is 73.5 Å². The van der Waals surface area contributed by atoms with Crippen LogP contribution in [-0.2, 0) is 26.3 Å². The number of rotatable bonds is 6. The molecule has 37 heavy (non-hydrogen) atoms. The van der Waals surface area contributed by atoms with Gasteiger partial charge in [-0.05, 0) is 43.7 Å². The second-order valence-electron chi connectivity index (χ2n) is 9.75. The second-order valence-corrected chi connectivity index (χ2v) is 9.75. The first-order valence-electron chi connectivity index (χ1n) is 12.6. The van der Waals surface area contributed by atoms with E-state index >= 15 is 0 Å². The summed E-state index contributed by atoms with van der Waals surface area (Å²) in [5.41, 5.74) is 4.30. The minimum Gasteiger partial charge on any atom is -0.871 e. The zero-order valence-corrected chi connectivity index (χ0v) is 21.6. The molecular weight excluding hydrogens is 464 g/mol. The third kappa shape index (κ3) is 4.02. The van der Waals surface area contributed by atoms with Crippen LogP contribution in [0.4, 0.5) is 5.69 Å². The van der Waals surface area contributed by atoms with Crippen molar-refractivity contribution in [2.75, 3.05) is 18.1 Å². The van der Waals surface area contributed by atoms with Gasteiger partial charge in [-0.15, -0.1) is 0 Å². The Bertz CT molecular complexity index is 1530. The number of carbonyl (C=O) groups is 2. The van der Waals surface area contributed by atoms with E-state index in [1.165, 1.54) is 0 Å². The molecule has 1 aromatic heterocycles. The molecule has 0 amide bonds. The number of anilines is 1. The monoisotopic (exact) mass is 494 g/mol. The van der Waals surface area contributed by atoms with Crippen molar-refractivity contribution < 1.29 is 24.0 Å². The fourth-order valence-electron chi connectivity index (χ4n) is 5.35. The number of aromatic nitrogens is 1. The number of ether oxygens (including phenoxy) is 1. The second kappa shape index (κ2) is 9.36. The molecule has 5 rings (SSSR count). The van der Waals surface area contributed by atoms with Gasteiger partial charge < -0.3 is 14.7 Å². The van der Waals surface area contributed by atoms with Crippen LogP contribution in [0.5, 0.6) is 0 Å². The zero-order chi connectivity index (χ0) is 26.3. The molecule has 2 aliphatic rings. The van der Waals surface area contributed by atoms with Crippen LogP contribution >= 0.6 is 0 Å². The lowest BCUT2D eigenvalue weighted by molar-refractivity contribution is -0.669. The Labute approximate surface area is 216 Å². The van der Waals surface area contributed by atoms with Crippen LogP contribution in [0.15, 0.2) is 89.3 Å². The molecular formula is C31H30N2O4. The van der Waals surface area contributed by atoms with E-state index in [1.807, 2.05) is 86.3 Å². The maximum Gasteiger partial charge on any atom is 0.325 e. The molecule has 2 heterocycles. The first kappa shape index (κ1) is 24.5. The van der Waals surface area contributed by atoms with Crippen molar-refractivity contribution in [2.24, 2.45) is 0 Å². The average Bonchev–Trinajstić information content (AvgIpc) is 3.11. The summed E-state index contributed by atoms with van der Waals surface area (Å²) in [6.07, 6.45) is 3.35. The normalized spacial score (nSPS) is 18.5. The SMILES string of the molecule is CCOC(=O)CN1C(=CC2=C([O-])/C(=C/c3ccc4ccccc4[n+]3CC)C2=O)C(C)(C)c2ccccc21. The average molecular weight is 495 g/mol. The Morgan fingerprint density at radius 1 is 1.03 bits per heavy atom. The number of Topliss-reactive ketones (excluding diaryl/α,β-unsaturated/α-hetero) is 1. The summed E-state index contributed by atoms with van der Waals surface area (Å²) in [5.74, 6) is -0.925. The fraction of sp³-hybridized carbons (Fsp3) is 0.258. The van der Waals surface area contributed by atoms with Gasteiger partial charge in [-0.1, -0.05) is 49.9 Å². The van der Waals surface area contributed by atoms with Gasteiger partial charge >= 0.3 is 5.97 Å². The molecule has 0 unspecified atom stereocenters. The molecule has 0 bridgehead atoms. The van der Waals surface area contributed by atoms with Crippen LogP contribution in [0.1, 0.15) is 39.0 Å². The van der Waals surface area contributed by atoms with E-state index in [-0.39, 0.29) is 41.8 Å². The van der Waals surface area contributed by atoms with E-state index in [4.69, 9.17) is 4.74 Å². The third-order valence-electron chi connectivity index (χ3n) is 7.23. The Hall–Kier alpha value is -4.19. The Balaban J connectivity index is 1.56. The fourth-order valence-corrected chi connectivity index (χ4v) is 5.35. The van der Waals surface area contributed by atoms with E-state index < -0.39 is 5.41 Å². The van der Waals surface area contributed by atoms with Crippen molar-refractivity contribution in [3.05, 3.63) is 101 Å². The summed E-state index contributed by atoms with van der Waals surface area (Å²) >= 11 is 0. The third-order valence-corrected chi connectivity index (χ3v) is 7.23. The maximum absolute atomic E-state index is 13.3. The summed E-state index contributed by atoms with van der Waals surface area (Å²) in [6.45, 7) is 8.87. The molecule has 188 valence electrons. The van der Waals surface area contributed by atoms with Crippen molar-refractivity contribution in [1.29, 1.82) is 0 Å². The molecule has 0 fully saturated rings. The van der Waals surface area contributed by atoms with Crippen molar-refractivity contribution in [1.82, 2.24) is 0 Å². The van der Waals surface area contributed by atoms with E-state index in [1.54, 1.807) is 19.1 Å². The number of hydrogen-bond acceptors (Lipinski definition) is 5. The van der Waals surface area contributed by atoms with E-state index in [2.05, 4.69) is 4.57 Å². The molecule has 0 radical (unpaired) electrons. The van der Waals surface area contributed by atoms with Crippen molar-refractivity contribution >= 4 is 34.4 Å². The minimum atomic E-state index is -0.500. The Kier molecular flexibility index (Phi) is 6.20. The van der Waals surface area contributed by atoms with Gasteiger partial charge in [0.2, 0.25) is 11.2 Å². The lowest BCUT2D eigenvalue weighted by Crippen LogP contribution is -2.38. The molecule has 1 aliphatic carbocycles. The summed E-state index contributed by atoms with van der Waals surface area (Å²) in [4.78, 5) is 27.5. The Morgan fingerprint density at radius 3 is 2.49 bits per heavy atom. The predicted octanol–water partition coefficient (Wildman–Crippen LogP) is 3.97. The standard InChI is InChI=1S/C31H30N2O4/c1-5-32-21(16-15-20-11-7-9-13-25(20)32)17-22-29(35)23(30(22)36)18-27-31(3,4)24-12-8-10-14-26(24)33(27)19-28(34)37-6-2/h7-18H,5-6,19H2,1-4H3. The molecule has 3 aromatic rings.